The van der Waals surface area contributed by atoms with E-state index in [9.17, 15) is 19.2 Å². The van der Waals surface area contributed by atoms with Crippen LogP contribution >= 0.6 is 0 Å². The molecule has 1 aromatic carbocycles. The molecule has 1 saturated carbocycles. The van der Waals surface area contributed by atoms with E-state index in [0.717, 1.165) is 47.3 Å². The van der Waals surface area contributed by atoms with Crippen LogP contribution in [0.1, 0.15) is 98.7 Å². The van der Waals surface area contributed by atoms with Crippen molar-refractivity contribution in [3.8, 4) is 5.75 Å². The minimum absolute atomic E-state index is 0.0284. The van der Waals surface area contributed by atoms with E-state index in [1.54, 1.807) is 9.58 Å². The van der Waals surface area contributed by atoms with Gasteiger partial charge < -0.3 is 9.64 Å². The van der Waals surface area contributed by atoms with Crippen LogP contribution in [0.5, 0.6) is 5.75 Å². The molecular formula is C38H46N4O5. The van der Waals surface area contributed by atoms with Crippen LogP contribution in [-0.4, -0.2) is 61.6 Å². The van der Waals surface area contributed by atoms with Crippen molar-refractivity contribution in [3.05, 3.63) is 64.6 Å². The number of ketones is 3. The molecule has 3 aromatic rings. The van der Waals surface area contributed by atoms with Gasteiger partial charge in [-0.3, -0.25) is 28.8 Å². The SMILES string of the molecule is CC(=O)c1nn2c3c(cc(OCC(C)C)cc13)C/C=C/CCCC(=O)CC[C@@]13C[C@@H](C(=O)Cc4nc(C)ccc4C)N(C(=O)C2)[C@@H]1C3. The maximum Gasteiger partial charge on any atom is 0.245 e. The summed E-state index contributed by atoms with van der Waals surface area (Å²) in [7, 11) is 0. The molecule has 2 fully saturated rings. The summed E-state index contributed by atoms with van der Waals surface area (Å²) in [6, 6.07) is 7.06. The molecule has 0 N–H and O–H groups in total. The van der Waals surface area contributed by atoms with Gasteiger partial charge in [-0.2, -0.15) is 5.10 Å². The summed E-state index contributed by atoms with van der Waals surface area (Å²) in [6.07, 6.45) is 9.47. The second-order valence-electron chi connectivity index (χ2n) is 14.3. The second-order valence-corrected chi connectivity index (χ2v) is 14.3. The Bertz CT molecular complexity index is 1770. The van der Waals surface area contributed by atoms with Gasteiger partial charge in [-0.15, -0.1) is 0 Å². The van der Waals surface area contributed by atoms with Crippen molar-refractivity contribution >= 4 is 34.2 Å². The number of aryl methyl sites for hydroxylation is 2. The summed E-state index contributed by atoms with van der Waals surface area (Å²) in [5.74, 6) is 0.809. The Balaban J connectivity index is 1.39. The molecule has 47 heavy (non-hydrogen) atoms. The first-order chi connectivity index (χ1) is 22.5. The molecule has 0 spiro atoms. The molecule has 9 nitrogen and oxygen atoms in total. The molecule has 2 aliphatic heterocycles. The number of nitrogens with zero attached hydrogens (tertiary/aromatic N) is 4. The molecule has 248 valence electrons. The van der Waals surface area contributed by atoms with Crippen LogP contribution in [0.2, 0.25) is 0 Å². The maximum atomic E-state index is 14.4. The van der Waals surface area contributed by atoms with Gasteiger partial charge in [-0.25, -0.2) is 0 Å². The Hall–Kier alpha value is -4.14. The molecular weight excluding hydrogens is 592 g/mol. The van der Waals surface area contributed by atoms with Crippen molar-refractivity contribution in [2.45, 2.75) is 111 Å². The summed E-state index contributed by atoms with van der Waals surface area (Å²) in [6.45, 7) is 9.95. The van der Waals surface area contributed by atoms with Crippen molar-refractivity contribution in [2.75, 3.05) is 6.61 Å². The summed E-state index contributed by atoms with van der Waals surface area (Å²) in [5.41, 5.74) is 4.24. The average molecular weight is 639 g/mol. The van der Waals surface area contributed by atoms with E-state index in [0.29, 0.717) is 61.5 Å². The first kappa shape index (κ1) is 32.8. The molecule has 2 aromatic heterocycles. The van der Waals surface area contributed by atoms with Crippen LogP contribution in [0, 0.1) is 25.2 Å². The van der Waals surface area contributed by atoms with Crippen molar-refractivity contribution in [1.82, 2.24) is 19.7 Å². The van der Waals surface area contributed by atoms with E-state index >= 15 is 0 Å². The van der Waals surface area contributed by atoms with Gasteiger partial charge in [0.15, 0.2) is 11.6 Å². The van der Waals surface area contributed by atoms with E-state index in [1.165, 1.54) is 6.92 Å². The lowest BCUT2D eigenvalue weighted by Crippen LogP contribution is -2.45. The van der Waals surface area contributed by atoms with Gasteiger partial charge in [0, 0.05) is 36.9 Å². The number of aromatic nitrogens is 3. The van der Waals surface area contributed by atoms with E-state index in [-0.39, 0.29) is 47.7 Å². The predicted octanol–water partition coefficient (Wildman–Crippen LogP) is 6.09. The topological polar surface area (TPSA) is 111 Å². The number of rotatable bonds is 7. The second kappa shape index (κ2) is 13.2. The minimum atomic E-state index is -0.593. The van der Waals surface area contributed by atoms with Crippen LogP contribution in [-0.2, 0) is 33.8 Å². The Labute approximate surface area is 276 Å². The zero-order chi connectivity index (χ0) is 33.5. The molecule has 6 rings (SSSR count). The molecule has 1 amide bonds. The highest BCUT2D eigenvalue weighted by molar-refractivity contribution is 6.06. The number of amides is 1. The number of Topliss-reactive ketones (excluding diaryl/α,β-unsaturated/α-hetero) is 3. The average Bonchev–Trinajstić information content (AvgIpc) is 3.43. The Morgan fingerprint density at radius 1 is 1.09 bits per heavy atom. The summed E-state index contributed by atoms with van der Waals surface area (Å²) in [5, 5.41) is 5.37. The minimum Gasteiger partial charge on any atom is -0.493 e. The predicted molar refractivity (Wildman–Crippen MR) is 180 cm³/mol. The Morgan fingerprint density at radius 3 is 2.66 bits per heavy atom. The number of hydrogen-bond acceptors (Lipinski definition) is 7. The summed E-state index contributed by atoms with van der Waals surface area (Å²) in [4.78, 5) is 60.6. The number of carbonyl (C=O) groups excluding carboxylic acids is 4. The molecule has 3 atom stereocenters. The fourth-order valence-electron chi connectivity index (χ4n) is 7.49. The summed E-state index contributed by atoms with van der Waals surface area (Å²) < 4.78 is 7.76. The molecule has 1 aliphatic carbocycles. The lowest BCUT2D eigenvalue weighted by molar-refractivity contribution is -0.139. The zero-order valence-corrected chi connectivity index (χ0v) is 28.3. The smallest absolute Gasteiger partial charge is 0.245 e. The highest BCUT2D eigenvalue weighted by Gasteiger charge is 2.66. The standard InChI is InChI=1S/C38H46N4O5/c1-23(2)22-47-29-16-27-10-8-6-7-9-11-28(44)14-15-38-19-32(33(45)18-31-24(3)12-13-25(4)39-31)42(34(38)20-38)35(46)21-41-37(27)30(17-29)36(40-41)26(5)43/h6,8,12-13,16-17,23,32,34H,7,9-11,14-15,18-22H2,1-5H3/b8-6+/t32-,34+,38-/m0/s1. The first-order valence-corrected chi connectivity index (χ1v) is 17.1. The molecule has 3 aliphatic rings. The van der Waals surface area contributed by atoms with Crippen LogP contribution < -0.4 is 4.74 Å². The number of piperidine rings is 1. The number of allylic oxidation sites excluding steroid dienone is 2. The van der Waals surface area contributed by atoms with Gasteiger partial charge in [0.25, 0.3) is 0 Å². The van der Waals surface area contributed by atoms with Crippen molar-refractivity contribution in [1.29, 1.82) is 0 Å². The number of ether oxygens (including phenoxy) is 1. The molecule has 2 bridgehead atoms. The third-order valence-corrected chi connectivity index (χ3v) is 10.1. The first-order valence-electron chi connectivity index (χ1n) is 17.1. The van der Waals surface area contributed by atoms with Gasteiger partial charge >= 0.3 is 0 Å². The highest BCUT2D eigenvalue weighted by Crippen LogP contribution is 2.62. The van der Waals surface area contributed by atoms with Crippen LogP contribution in [0.15, 0.2) is 36.4 Å². The molecule has 0 radical (unpaired) electrons. The van der Waals surface area contributed by atoms with E-state index in [4.69, 9.17) is 9.84 Å². The van der Waals surface area contributed by atoms with E-state index in [2.05, 4.69) is 31.0 Å². The van der Waals surface area contributed by atoms with E-state index in [1.807, 2.05) is 38.1 Å². The van der Waals surface area contributed by atoms with Gasteiger partial charge in [-0.1, -0.05) is 32.1 Å². The van der Waals surface area contributed by atoms with Gasteiger partial charge in [0.1, 0.15) is 23.8 Å². The van der Waals surface area contributed by atoms with Gasteiger partial charge in [-0.05, 0) is 93.0 Å². The van der Waals surface area contributed by atoms with Crippen LogP contribution in [0.3, 0.4) is 0 Å². The van der Waals surface area contributed by atoms with Crippen molar-refractivity contribution < 1.29 is 23.9 Å². The Kier molecular flexibility index (Phi) is 9.18. The third-order valence-electron chi connectivity index (χ3n) is 10.1. The lowest BCUT2D eigenvalue weighted by atomic mass is 9.90. The highest BCUT2D eigenvalue weighted by atomic mass is 16.5. The zero-order valence-electron chi connectivity index (χ0n) is 28.3. The fourth-order valence-corrected chi connectivity index (χ4v) is 7.49. The molecule has 4 heterocycles. The fraction of sp³-hybridized carbons (Fsp3) is 0.526. The monoisotopic (exact) mass is 638 g/mol. The van der Waals surface area contributed by atoms with Crippen LogP contribution in [0.4, 0.5) is 0 Å². The molecule has 9 heteroatoms. The van der Waals surface area contributed by atoms with Crippen LogP contribution in [0.25, 0.3) is 10.9 Å². The quantitative estimate of drug-likeness (QED) is 0.228. The van der Waals surface area contributed by atoms with E-state index < -0.39 is 6.04 Å². The third kappa shape index (κ3) is 6.81. The maximum absolute atomic E-state index is 14.4. The summed E-state index contributed by atoms with van der Waals surface area (Å²) >= 11 is 0. The largest absolute Gasteiger partial charge is 0.493 e. The number of benzene rings is 1. The van der Waals surface area contributed by atoms with Crippen molar-refractivity contribution in [2.24, 2.45) is 11.3 Å². The molecule has 1 saturated heterocycles. The molecule has 0 unspecified atom stereocenters. The Morgan fingerprint density at radius 2 is 1.89 bits per heavy atom. The number of carbonyl (C=O) groups is 4. The van der Waals surface area contributed by atoms with Gasteiger partial charge in [0.2, 0.25) is 5.91 Å². The van der Waals surface area contributed by atoms with Crippen molar-refractivity contribution in [3.63, 3.8) is 0 Å². The normalized spacial score (nSPS) is 23.9. The number of pyridine rings is 1. The lowest BCUT2D eigenvalue weighted by Gasteiger charge is -2.27. The van der Waals surface area contributed by atoms with Gasteiger partial charge in [0.05, 0.1) is 30.3 Å². The number of hydrogen-bond donors (Lipinski definition) is 0.